The molecule has 0 unspecified atom stereocenters. The molecule has 1 aromatic carbocycles. The Balaban J connectivity index is 2.03. The van der Waals surface area contributed by atoms with Crippen molar-refractivity contribution in [3.63, 3.8) is 0 Å². The molecule has 0 radical (unpaired) electrons. The summed E-state index contributed by atoms with van der Waals surface area (Å²) in [6.07, 6.45) is 3.04. The number of benzene rings is 1. The van der Waals surface area contributed by atoms with Gasteiger partial charge in [0.1, 0.15) is 5.82 Å². The van der Waals surface area contributed by atoms with E-state index in [0.717, 1.165) is 36.3 Å². The summed E-state index contributed by atoms with van der Waals surface area (Å²) in [5.74, 6) is 1.00. The second-order valence-electron chi connectivity index (χ2n) is 5.15. The van der Waals surface area contributed by atoms with Crippen LogP contribution >= 0.6 is 15.9 Å². The predicted molar refractivity (Wildman–Crippen MR) is 92.5 cm³/mol. The van der Waals surface area contributed by atoms with Gasteiger partial charge in [-0.3, -0.25) is 0 Å². The average Bonchev–Trinajstić information content (AvgIpc) is 2.50. The number of hydrogen-bond donors (Lipinski definition) is 1. The van der Waals surface area contributed by atoms with Crippen molar-refractivity contribution in [2.45, 2.75) is 26.4 Å². The molecule has 4 heteroatoms. The molecular formula is C17H22BrN3. The molecule has 3 nitrogen and oxygen atoms in total. The first-order valence-electron chi connectivity index (χ1n) is 7.31. The van der Waals surface area contributed by atoms with E-state index in [-0.39, 0.29) is 0 Å². The Bertz CT molecular complexity index is 571. The van der Waals surface area contributed by atoms with Crippen LogP contribution in [-0.4, -0.2) is 18.6 Å². The van der Waals surface area contributed by atoms with Gasteiger partial charge in [0.15, 0.2) is 0 Å². The first kappa shape index (κ1) is 16.0. The molecule has 0 fully saturated rings. The molecule has 0 spiro atoms. The van der Waals surface area contributed by atoms with Gasteiger partial charge in [-0.1, -0.05) is 41.1 Å². The molecule has 0 saturated heterocycles. The van der Waals surface area contributed by atoms with Gasteiger partial charge in [0.05, 0.1) is 0 Å². The van der Waals surface area contributed by atoms with Gasteiger partial charge < -0.3 is 10.2 Å². The second kappa shape index (κ2) is 8.15. The van der Waals surface area contributed by atoms with E-state index < -0.39 is 0 Å². The Hall–Kier alpha value is -1.39. The molecule has 1 aromatic heterocycles. The molecule has 0 saturated carbocycles. The van der Waals surface area contributed by atoms with Gasteiger partial charge >= 0.3 is 0 Å². The number of aromatic nitrogens is 1. The lowest BCUT2D eigenvalue weighted by Crippen LogP contribution is -2.19. The minimum absolute atomic E-state index is 0.834. The Morgan fingerprint density at radius 1 is 1.24 bits per heavy atom. The normalized spacial score (nSPS) is 10.6. The maximum atomic E-state index is 4.48. The van der Waals surface area contributed by atoms with Gasteiger partial charge in [-0.05, 0) is 42.3 Å². The van der Waals surface area contributed by atoms with Crippen LogP contribution in [0, 0.1) is 0 Å². The fourth-order valence-electron chi connectivity index (χ4n) is 2.15. The zero-order valence-electron chi connectivity index (χ0n) is 12.6. The fraction of sp³-hybridized carbons (Fsp3) is 0.353. The van der Waals surface area contributed by atoms with Crippen LogP contribution < -0.4 is 10.2 Å². The molecule has 2 rings (SSSR count). The van der Waals surface area contributed by atoms with Gasteiger partial charge in [-0.2, -0.15) is 0 Å². The van der Waals surface area contributed by atoms with Gasteiger partial charge in [0, 0.05) is 30.8 Å². The summed E-state index contributed by atoms with van der Waals surface area (Å²) < 4.78 is 1.14. The van der Waals surface area contributed by atoms with E-state index in [9.17, 15) is 0 Å². The van der Waals surface area contributed by atoms with Crippen LogP contribution in [0.25, 0.3) is 0 Å². The van der Waals surface area contributed by atoms with E-state index in [1.807, 2.05) is 12.3 Å². The lowest BCUT2D eigenvalue weighted by molar-refractivity contribution is 0.674. The predicted octanol–water partition coefficient (Wildman–Crippen LogP) is 3.98. The number of halogens is 1. The highest BCUT2D eigenvalue weighted by Crippen LogP contribution is 2.20. The Labute approximate surface area is 135 Å². The second-order valence-corrected chi connectivity index (χ2v) is 6.00. The summed E-state index contributed by atoms with van der Waals surface area (Å²) in [6.45, 7) is 4.95. The SMILES string of the molecule is CCCNCc1ccnc(N(C)Cc2ccccc2Br)c1. The summed E-state index contributed by atoms with van der Waals surface area (Å²) in [5, 5.41) is 3.42. The third-order valence-corrected chi connectivity index (χ3v) is 4.10. The van der Waals surface area contributed by atoms with Gasteiger partial charge in [-0.25, -0.2) is 4.98 Å². The molecule has 112 valence electrons. The first-order chi connectivity index (χ1) is 10.2. The van der Waals surface area contributed by atoms with Crippen LogP contribution in [0.3, 0.4) is 0 Å². The third kappa shape index (κ3) is 4.83. The fourth-order valence-corrected chi connectivity index (χ4v) is 2.56. The third-order valence-electron chi connectivity index (χ3n) is 3.32. The number of hydrogen-bond acceptors (Lipinski definition) is 3. The molecule has 0 aliphatic heterocycles. The summed E-state index contributed by atoms with van der Waals surface area (Å²) in [4.78, 5) is 6.65. The number of nitrogens with one attached hydrogen (secondary N) is 1. The largest absolute Gasteiger partial charge is 0.355 e. The molecule has 2 aromatic rings. The van der Waals surface area contributed by atoms with Crippen molar-refractivity contribution in [1.29, 1.82) is 0 Å². The van der Waals surface area contributed by atoms with E-state index in [2.05, 4.69) is 75.4 Å². The van der Waals surface area contributed by atoms with E-state index >= 15 is 0 Å². The minimum atomic E-state index is 0.834. The molecule has 0 atom stereocenters. The van der Waals surface area contributed by atoms with E-state index in [0.29, 0.717) is 0 Å². The first-order valence-corrected chi connectivity index (χ1v) is 8.10. The van der Waals surface area contributed by atoms with Gasteiger partial charge in [0.2, 0.25) is 0 Å². The molecule has 0 aliphatic rings. The minimum Gasteiger partial charge on any atom is -0.355 e. The zero-order valence-corrected chi connectivity index (χ0v) is 14.2. The lowest BCUT2D eigenvalue weighted by atomic mass is 10.2. The average molecular weight is 348 g/mol. The monoisotopic (exact) mass is 347 g/mol. The lowest BCUT2D eigenvalue weighted by Gasteiger charge is -2.19. The maximum Gasteiger partial charge on any atom is 0.128 e. The van der Waals surface area contributed by atoms with Crippen LogP contribution in [0.15, 0.2) is 47.1 Å². The van der Waals surface area contributed by atoms with Crippen LogP contribution in [0.4, 0.5) is 5.82 Å². The van der Waals surface area contributed by atoms with E-state index in [1.165, 1.54) is 11.1 Å². The number of rotatable bonds is 7. The van der Waals surface area contributed by atoms with Crippen molar-refractivity contribution in [3.05, 3.63) is 58.2 Å². The zero-order chi connectivity index (χ0) is 15.1. The topological polar surface area (TPSA) is 28.2 Å². The summed E-state index contributed by atoms with van der Waals surface area (Å²) in [5.41, 5.74) is 2.53. The Morgan fingerprint density at radius 2 is 2.05 bits per heavy atom. The molecule has 0 bridgehead atoms. The highest BCUT2D eigenvalue weighted by atomic mass is 79.9. The van der Waals surface area contributed by atoms with Gasteiger partial charge in [-0.15, -0.1) is 0 Å². The smallest absolute Gasteiger partial charge is 0.128 e. The van der Waals surface area contributed by atoms with Crippen molar-refractivity contribution >= 4 is 21.7 Å². The Kier molecular flexibility index (Phi) is 6.21. The highest BCUT2D eigenvalue weighted by Gasteiger charge is 2.06. The van der Waals surface area contributed by atoms with Crippen molar-refractivity contribution in [2.24, 2.45) is 0 Å². The molecule has 0 aliphatic carbocycles. The number of nitrogens with zero attached hydrogens (tertiary/aromatic N) is 2. The molecular weight excluding hydrogens is 326 g/mol. The highest BCUT2D eigenvalue weighted by molar-refractivity contribution is 9.10. The Morgan fingerprint density at radius 3 is 2.81 bits per heavy atom. The molecule has 0 amide bonds. The molecule has 1 heterocycles. The van der Waals surface area contributed by atoms with E-state index in [4.69, 9.17) is 0 Å². The summed E-state index contributed by atoms with van der Waals surface area (Å²) in [6, 6.07) is 12.5. The quantitative estimate of drug-likeness (QED) is 0.767. The standard InChI is InChI=1S/C17H22BrN3/c1-3-9-19-12-14-8-10-20-17(11-14)21(2)13-15-6-4-5-7-16(15)18/h4-8,10-11,19H,3,9,12-13H2,1-2H3. The summed E-state index contributed by atoms with van der Waals surface area (Å²) >= 11 is 3.60. The maximum absolute atomic E-state index is 4.48. The van der Waals surface area contributed by atoms with Crippen LogP contribution in [0.2, 0.25) is 0 Å². The van der Waals surface area contributed by atoms with Crippen molar-refractivity contribution < 1.29 is 0 Å². The van der Waals surface area contributed by atoms with Crippen LogP contribution in [0.1, 0.15) is 24.5 Å². The number of pyridine rings is 1. The van der Waals surface area contributed by atoms with Gasteiger partial charge in [0.25, 0.3) is 0 Å². The molecule has 21 heavy (non-hydrogen) atoms. The molecule has 1 N–H and O–H groups in total. The van der Waals surface area contributed by atoms with Crippen molar-refractivity contribution in [3.8, 4) is 0 Å². The number of anilines is 1. The van der Waals surface area contributed by atoms with Crippen LogP contribution in [-0.2, 0) is 13.1 Å². The van der Waals surface area contributed by atoms with Crippen molar-refractivity contribution in [2.75, 3.05) is 18.5 Å². The summed E-state index contributed by atoms with van der Waals surface area (Å²) in [7, 11) is 2.07. The van der Waals surface area contributed by atoms with Crippen LogP contribution in [0.5, 0.6) is 0 Å². The van der Waals surface area contributed by atoms with E-state index in [1.54, 1.807) is 0 Å². The van der Waals surface area contributed by atoms with Crippen molar-refractivity contribution in [1.82, 2.24) is 10.3 Å².